The van der Waals surface area contributed by atoms with Crippen LogP contribution in [-0.2, 0) is 54.3 Å². The Balaban J connectivity index is 2.70. The minimum absolute atomic E-state index is 0.00493. The lowest BCUT2D eigenvalue weighted by molar-refractivity contribution is -0.146. The molecule has 0 radical (unpaired) electrons. The number of rotatable bonds is 15. The van der Waals surface area contributed by atoms with Gasteiger partial charge in [0.2, 0.25) is 35.4 Å². The minimum atomic E-state index is -1.88. The van der Waals surface area contributed by atoms with E-state index in [9.17, 15) is 53.4 Å². The average molecular weight is 981 g/mol. The maximum Gasteiger partial charge on any atom is 0.327 e. The molecule has 10 atom stereocenters. The molecule has 22 heteroatoms. The Morgan fingerprint density at radius 1 is 0.829 bits per heavy atom. The van der Waals surface area contributed by atoms with Crippen LogP contribution in [0.3, 0.4) is 0 Å². The van der Waals surface area contributed by atoms with E-state index in [1.807, 2.05) is 43.3 Å². The predicted octanol–water partition coefficient (Wildman–Crippen LogP) is 0.276. The van der Waals surface area contributed by atoms with Gasteiger partial charge in [0.05, 0.1) is 29.7 Å². The number of hydrogen-bond donors (Lipinski definition) is 11. The average Bonchev–Trinajstić information content (AvgIpc) is 3.29. The van der Waals surface area contributed by atoms with Gasteiger partial charge in [0.25, 0.3) is 5.91 Å². The Hall–Kier alpha value is -7.10. The van der Waals surface area contributed by atoms with Crippen LogP contribution in [0.2, 0.25) is 0 Å². The molecule has 22 nitrogen and oxygen atoms in total. The third-order valence-electron chi connectivity index (χ3n) is 11.5. The van der Waals surface area contributed by atoms with Gasteiger partial charge in [-0.15, -0.1) is 0 Å². The van der Waals surface area contributed by atoms with Crippen molar-refractivity contribution < 1.29 is 58.1 Å². The third kappa shape index (κ3) is 20.2. The number of carbonyl (C=O) groups is 9. The van der Waals surface area contributed by atoms with Crippen LogP contribution in [0.25, 0.3) is 0 Å². The second kappa shape index (κ2) is 29.0. The summed E-state index contributed by atoms with van der Waals surface area (Å²) < 4.78 is 5.81. The number of hydrogen-bond acceptors (Lipinski definition) is 11. The molecule has 7 amide bonds. The van der Waals surface area contributed by atoms with E-state index in [1.54, 1.807) is 34.0 Å². The van der Waals surface area contributed by atoms with Gasteiger partial charge in [0.15, 0.2) is 5.96 Å². The summed E-state index contributed by atoms with van der Waals surface area (Å²) >= 11 is 0. The molecule has 1 heterocycles. The summed E-state index contributed by atoms with van der Waals surface area (Å²) in [6.07, 6.45) is 4.59. The number of nitrogens with one attached hydrogen (secondary N) is 7. The number of carbonyl (C=O) groups excluding carboxylic acids is 7. The van der Waals surface area contributed by atoms with Crippen LogP contribution in [0.5, 0.6) is 0 Å². The number of guanidine groups is 1. The largest absolute Gasteiger partial charge is 0.480 e. The van der Waals surface area contributed by atoms with Crippen molar-refractivity contribution in [3.63, 3.8) is 0 Å². The lowest BCUT2D eigenvalue weighted by atomic mass is 9.94. The van der Waals surface area contributed by atoms with E-state index in [2.05, 4.69) is 48.8 Å². The zero-order valence-electron chi connectivity index (χ0n) is 41.2. The maximum atomic E-state index is 14.3. The van der Waals surface area contributed by atoms with Gasteiger partial charge >= 0.3 is 11.9 Å². The van der Waals surface area contributed by atoms with Crippen LogP contribution in [0.15, 0.2) is 71.4 Å². The zero-order valence-corrected chi connectivity index (χ0v) is 41.2. The van der Waals surface area contributed by atoms with Crippen molar-refractivity contribution in [2.24, 2.45) is 40.1 Å². The second-order valence-electron chi connectivity index (χ2n) is 17.9. The molecule has 1 aliphatic rings. The van der Waals surface area contributed by atoms with Gasteiger partial charge in [-0.3, -0.25) is 38.6 Å². The van der Waals surface area contributed by atoms with Gasteiger partial charge in [0, 0.05) is 26.0 Å². The molecule has 70 heavy (non-hydrogen) atoms. The van der Waals surface area contributed by atoms with Crippen LogP contribution in [0.4, 0.5) is 0 Å². The molecule has 0 saturated carbocycles. The molecule has 1 aliphatic heterocycles. The van der Waals surface area contributed by atoms with Crippen LogP contribution >= 0.6 is 0 Å². The number of aliphatic imine (C=N–C) groups is 1. The molecule has 1 aromatic rings. The molecule has 1 fully saturated rings. The van der Waals surface area contributed by atoms with Crippen molar-refractivity contribution in [2.75, 3.05) is 13.7 Å². The number of nitrogens with zero attached hydrogens (tertiary/aromatic N) is 1. The normalized spacial score (nSPS) is 25.4. The van der Waals surface area contributed by atoms with Crippen molar-refractivity contribution in [2.45, 2.75) is 129 Å². The van der Waals surface area contributed by atoms with E-state index in [-0.39, 0.29) is 49.7 Å². The Bertz CT molecular complexity index is 2120. The molecule has 1 aromatic carbocycles. The smallest absolute Gasteiger partial charge is 0.327 e. The monoisotopic (exact) mass is 981 g/mol. The standard InChI is InChI=1S/C48H72N10O12/c1-25(2)22-36-45(65)58-39(47(68)69)29(6)41(61)55-34(16-13-21-51-48(49)50)44(64)54-33(18-17-26(3)23-27(4)37(70-9)24-32-14-11-10-12-15-32)28(5)40(60)56-35(46(66)67)19-20-38(59)52-30(7)42(62)53-31(8)43(63)57-36/h10-12,14-15,17-18,23,25,27-29,31,33-37,39H,7,13,16,19-22,24H2,1-6,8-9H3,(H,52,59)(H,53,62)(H,54,64)(H,55,61)(H,56,60)(H,57,63)(H,58,65)(H,66,67)(H,68,69)(H4,49,50,51)/b18-17+,26-23+/t27-,28-,29-,31+,33-,34-,35+,36+,37-,39+/m0/s1. The highest BCUT2D eigenvalue weighted by molar-refractivity contribution is 6.00. The predicted molar refractivity (Wildman–Crippen MR) is 260 cm³/mol. The molecule has 1 saturated heterocycles. The number of aliphatic carboxylic acids is 2. The summed E-state index contributed by atoms with van der Waals surface area (Å²) in [5.41, 5.74) is 12.3. The molecule has 0 bridgehead atoms. The highest BCUT2D eigenvalue weighted by Gasteiger charge is 2.37. The number of ether oxygens (including phenoxy) is 1. The second-order valence-corrected chi connectivity index (χ2v) is 17.9. The van der Waals surface area contributed by atoms with Gasteiger partial charge in [-0.2, -0.15) is 0 Å². The van der Waals surface area contributed by atoms with E-state index in [0.29, 0.717) is 12.0 Å². The number of carboxylic acids is 2. The van der Waals surface area contributed by atoms with Crippen molar-refractivity contribution in [1.29, 1.82) is 0 Å². The molecule has 386 valence electrons. The van der Waals surface area contributed by atoms with Gasteiger partial charge in [0.1, 0.15) is 30.2 Å². The summed E-state index contributed by atoms with van der Waals surface area (Å²) in [7, 11) is 1.61. The van der Waals surface area contributed by atoms with Gasteiger partial charge in [-0.05, 0) is 57.4 Å². The summed E-state index contributed by atoms with van der Waals surface area (Å²) in [5.74, 6) is -12.7. The summed E-state index contributed by atoms with van der Waals surface area (Å²) in [6.45, 7) is 14.7. The van der Waals surface area contributed by atoms with Crippen LogP contribution in [0.1, 0.15) is 86.1 Å². The number of nitrogens with two attached hydrogens (primary N) is 2. The number of amides is 7. The molecule has 0 aromatic heterocycles. The lowest BCUT2D eigenvalue weighted by Gasteiger charge is -2.28. The zero-order chi connectivity index (χ0) is 52.8. The number of carboxylic acid groups (broad SMARTS) is 2. The highest BCUT2D eigenvalue weighted by Crippen LogP contribution is 2.19. The van der Waals surface area contributed by atoms with Crippen LogP contribution < -0.4 is 48.7 Å². The first-order valence-electron chi connectivity index (χ1n) is 23.1. The summed E-state index contributed by atoms with van der Waals surface area (Å²) in [6, 6.07) is 0.990. The van der Waals surface area contributed by atoms with Crippen molar-refractivity contribution in [3.05, 3.63) is 72.0 Å². The summed E-state index contributed by atoms with van der Waals surface area (Å²) in [5, 5.41) is 37.5. The quantitative estimate of drug-likeness (QED) is 0.0370. The SMILES string of the molecule is C=C1NC(=O)CC[C@H](C(=O)O)NC(=O)[C@@H](C)[C@H](/C=C/C(C)=C/[C@H](C)[C@H](Cc2ccccc2)OC)NC(=O)[C@H](CCCN=C(N)N)NC(=O)[C@@H](C)[C@H](C(=O)O)NC(=O)[C@@H](CC(C)C)NC(=O)[C@@H](C)NC1=O. The Labute approximate surface area is 408 Å². The lowest BCUT2D eigenvalue weighted by Crippen LogP contribution is -2.59. The first-order valence-corrected chi connectivity index (χ1v) is 23.1. The van der Waals surface area contributed by atoms with E-state index in [0.717, 1.165) is 5.56 Å². The van der Waals surface area contributed by atoms with E-state index >= 15 is 0 Å². The Morgan fingerprint density at radius 2 is 1.44 bits per heavy atom. The molecule has 0 aliphatic carbocycles. The third-order valence-corrected chi connectivity index (χ3v) is 11.5. The highest BCUT2D eigenvalue weighted by atomic mass is 16.5. The van der Waals surface area contributed by atoms with Crippen LogP contribution in [-0.4, -0.2) is 125 Å². The molecule has 2 rings (SSSR count). The van der Waals surface area contributed by atoms with Gasteiger partial charge < -0.3 is 63.6 Å². The molecule has 13 N–H and O–H groups in total. The van der Waals surface area contributed by atoms with Gasteiger partial charge in [-0.1, -0.05) is 95.3 Å². The fourth-order valence-corrected chi connectivity index (χ4v) is 7.28. The minimum Gasteiger partial charge on any atom is -0.480 e. The number of methoxy groups -OCH3 is 1. The Kier molecular flexibility index (Phi) is 24.5. The first kappa shape index (κ1) is 59.0. The van der Waals surface area contributed by atoms with Gasteiger partial charge in [-0.25, -0.2) is 9.59 Å². The topological polar surface area (TPSA) is 352 Å². The maximum absolute atomic E-state index is 14.3. The fraction of sp³-hybridized carbons (Fsp3) is 0.542. The van der Waals surface area contributed by atoms with Crippen LogP contribution in [0, 0.1) is 23.7 Å². The van der Waals surface area contributed by atoms with Crippen molar-refractivity contribution in [1.82, 2.24) is 37.2 Å². The fourth-order valence-electron chi connectivity index (χ4n) is 7.28. The first-order chi connectivity index (χ1) is 32.8. The Morgan fingerprint density at radius 3 is 2.03 bits per heavy atom. The van der Waals surface area contributed by atoms with Crippen molar-refractivity contribution in [3.8, 4) is 0 Å². The van der Waals surface area contributed by atoms with E-state index in [1.165, 1.54) is 26.8 Å². The number of benzene rings is 1. The molecule has 0 spiro atoms. The van der Waals surface area contributed by atoms with E-state index < -0.39 is 120 Å². The molecule has 0 unspecified atom stereocenters. The molecular formula is C48H72N10O12. The summed E-state index contributed by atoms with van der Waals surface area (Å²) in [4.78, 5) is 124. The van der Waals surface area contributed by atoms with Crippen molar-refractivity contribution >= 4 is 59.2 Å². The number of allylic oxidation sites excluding steroid dienone is 2. The molecular weight excluding hydrogens is 909 g/mol. The van der Waals surface area contributed by atoms with E-state index in [4.69, 9.17) is 16.2 Å².